The summed E-state index contributed by atoms with van der Waals surface area (Å²) in [6.07, 6.45) is 3.75. The largest absolute Gasteiger partial charge is 0.480 e. The number of hydrogen-bond donors (Lipinski definition) is 2. The van der Waals surface area contributed by atoms with Crippen LogP contribution >= 0.6 is 0 Å². The highest BCUT2D eigenvalue weighted by Crippen LogP contribution is 2.08. The lowest BCUT2D eigenvalue weighted by Gasteiger charge is -2.16. The van der Waals surface area contributed by atoms with Crippen molar-refractivity contribution in [2.24, 2.45) is 5.73 Å². The SMILES string of the molecule is C=CC(C)=CCC(C)(N)C(=O)O. The van der Waals surface area contributed by atoms with E-state index in [1.165, 1.54) is 6.92 Å². The summed E-state index contributed by atoms with van der Waals surface area (Å²) in [4.78, 5) is 10.5. The Morgan fingerprint density at radius 1 is 1.75 bits per heavy atom. The molecule has 0 aromatic carbocycles. The first-order chi connectivity index (χ1) is 5.40. The van der Waals surface area contributed by atoms with Crippen LogP contribution in [0.4, 0.5) is 0 Å². The summed E-state index contributed by atoms with van der Waals surface area (Å²) < 4.78 is 0. The first-order valence-electron chi connectivity index (χ1n) is 3.71. The Labute approximate surface area is 72.6 Å². The molecule has 0 spiro atoms. The quantitative estimate of drug-likeness (QED) is 0.624. The molecule has 0 aromatic heterocycles. The second-order valence-electron chi connectivity index (χ2n) is 3.08. The molecule has 12 heavy (non-hydrogen) atoms. The summed E-state index contributed by atoms with van der Waals surface area (Å²) in [5.74, 6) is -0.990. The van der Waals surface area contributed by atoms with E-state index in [1.54, 1.807) is 12.2 Å². The van der Waals surface area contributed by atoms with Crippen molar-refractivity contribution in [2.45, 2.75) is 25.8 Å². The highest BCUT2D eigenvalue weighted by Gasteiger charge is 2.25. The van der Waals surface area contributed by atoms with Crippen LogP contribution in [0, 0.1) is 0 Å². The highest BCUT2D eigenvalue weighted by molar-refractivity contribution is 5.78. The summed E-state index contributed by atoms with van der Waals surface area (Å²) in [7, 11) is 0. The molecule has 0 fully saturated rings. The van der Waals surface area contributed by atoms with Crippen LogP contribution < -0.4 is 5.73 Å². The number of carbonyl (C=O) groups is 1. The number of carboxylic acids is 1. The van der Waals surface area contributed by atoms with E-state index in [9.17, 15) is 4.79 Å². The van der Waals surface area contributed by atoms with Crippen molar-refractivity contribution in [1.82, 2.24) is 0 Å². The Kier molecular flexibility index (Phi) is 3.70. The first-order valence-corrected chi connectivity index (χ1v) is 3.71. The van der Waals surface area contributed by atoms with Gasteiger partial charge in [-0.1, -0.05) is 24.3 Å². The van der Waals surface area contributed by atoms with Gasteiger partial charge in [-0.2, -0.15) is 0 Å². The number of allylic oxidation sites excluding steroid dienone is 2. The lowest BCUT2D eigenvalue weighted by molar-refractivity contribution is -0.142. The Morgan fingerprint density at radius 3 is 2.58 bits per heavy atom. The smallest absolute Gasteiger partial charge is 0.323 e. The van der Waals surface area contributed by atoms with Gasteiger partial charge in [-0.3, -0.25) is 4.79 Å². The van der Waals surface area contributed by atoms with Crippen molar-refractivity contribution >= 4 is 5.97 Å². The number of carboxylic acid groups (broad SMARTS) is 1. The van der Waals surface area contributed by atoms with Gasteiger partial charge in [0.15, 0.2) is 0 Å². The molecule has 0 aromatic rings. The van der Waals surface area contributed by atoms with E-state index in [0.29, 0.717) is 6.42 Å². The summed E-state index contributed by atoms with van der Waals surface area (Å²) in [5.41, 5.74) is 5.25. The van der Waals surface area contributed by atoms with Crippen molar-refractivity contribution in [3.8, 4) is 0 Å². The molecule has 68 valence electrons. The van der Waals surface area contributed by atoms with Crippen LogP contribution in [-0.4, -0.2) is 16.6 Å². The highest BCUT2D eigenvalue weighted by atomic mass is 16.4. The average Bonchev–Trinajstić information content (AvgIpc) is 2.00. The van der Waals surface area contributed by atoms with Crippen molar-refractivity contribution in [1.29, 1.82) is 0 Å². The molecule has 1 unspecified atom stereocenters. The molecule has 3 heteroatoms. The average molecular weight is 169 g/mol. The minimum atomic E-state index is -1.18. The normalized spacial score (nSPS) is 16.8. The number of aliphatic carboxylic acids is 1. The number of hydrogen-bond acceptors (Lipinski definition) is 2. The summed E-state index contributed by atoms with van der Waals surface area (Å²) in [6.45, 7) is 6.89. The van der Waals surface area contributed by atoms with Crippen molar-refractivity contribution in [3.05, 3.63) is 24.3 Å². The first kappa shape index (κ1) is 10.9. The predicted molar refractivity (Wildman–Crippen MR) is 48.8 cm³/mol. The molecule has 0 bridgehead atoms. The summed E-state index contributed by atoms with van der Waals surface area (Å²) >= 11 is 0. The molecule has 3 N–H and O–H groups in total. The van der Waals surface area contributed by atoms with E-state index in [4.69, 9.17) is 10.8 Å². The van der Waals surface area contributed by atoms with Gasteiger partial charge in [0.1, 0.15) is 5.54 Å². The van der Waals surface area contributed by atoms with Gasteiger partial charge in [0.05, 0.1) is 0 Å². The van der Waals surface area contributed by atoms with E-state index < -0.39 is 11.5 Å². The van der Waals surface area contributed by atoms with E-state index >= 15 is 0 Å². The van der Waals surface area contributed by atoms with Crippen LogP contribution in [0.25, 0.3) is 0 Å². The molecule has 0 rings (SSSR count). The Balaban J connectivity index is 4.26. The molecule has 0 aliphatic rings. The van der Waals surface area contributed by atoms with Crippen molar-refractivity contribution in [2.75, 3.05) is 0 Å². The molecular weight excluding hydrogens is 154 g/mol. The maximum absolute atomic E-state index is 10.5. The lowest BCUT2D eigenvalue weighted by Crippen LogP contribution is -2.44. The monoisotopic (exact) mass is 169 g/mol. The van der Waals surface area contributed by atoms with Crippen LogP contribution in [0.15, 0.2) is 24.3 Å². The molecule has 0 heterocycles. The van der Waals surface area contributed by atoms with Gasteiger partial charge >= 0.3 is 5.97 Å². The van der Waals surface area contributed by atoms with Gasteiger partial charge in [-0.05, 0) is 20.3 Å². The standard InChI is InChI=1S/C9H15NO2/c1-4-7(2)5-6-9(3,10)8(11)12/h4-5H,1,6,10H2,2-3H3,(H,11,12). The Hall–Kier alpha value is -1.09. The maximum Gasteiger partial charge on any atom is 0.323 e. The van der Waals surface area contributed by atoms with Crippen LogP contribution in [0.3, 0.4) is 0 Å². The molecule has 0 radical (unpaired) electrons. The van der Waals surface area contributed by atoms with Gasteiger partial charge in [0.25, 0.3) is 0 Å². The van der Waals surface area contributed by atoms with Crippen LogP contribution in [0.5, 0.6) is 0 Å². The van der Waals surface area contributed by atoms with Gasteiger partial charge in [-0.25, -0.2) is 0 Å². The topological polar surface area (TPSA) is 63.3 Å². The molecule has 0 aliphatic carbocycles. The van der Waals surface area contributed by atoms with E-state index in [2.05, 4.69) is 6.58 Å². The maximum atomic E-state index is 10.5. The minimum Gasteiger partial charge on any atom is -0.480 e. The fraction of sp³-hybridized carbons (Fsp3) is 0.444. The number of rotatable bonds is 4. The van der Waals surface area contributed by atoms with Crippen LogP contribution in [0.1, 0.15) is 20.3 Å². The summed E-state index contributed by atoms with van der Waals surface area (Å²) in [5, 5.41) is 8.65. The zero-order valence-corrected chi connectivity index (χ0v) is 7.50. The zero-order valence-electron chi connectivity index (χ0n) is 7.50. The molecular formula is C9H15NO2. The fourth-order valence-electron chi connectivity index (χ4n) is 0.544. The van der Waals surface area contributed by atoms with E-state index in [0.717, 1.165) is 5.57 Å². The second kappa shape index (κ2) is 4.07. The fourth-order valence-corrected chi connectivity index (χ4v) is 0.544. The Morgan fingerprint density at radius 2 is 2.25 bits per heavy atom. The lowest BCUT2D eigenvalue weighted by atomic mass is 9.98. The van der Waals surface area contributed by atoms with Crippen LogP contribution in [-0.2, 0) is 4.79 Å². The van der Waals surface area contributed by atoms with E-state index in [1.807, 2.05) is 6.92 Å². The van der Waals surface area contributed by atoms with Gasteiger partial charge < -0.3 is 10.8 Å². The van der Waals surface area contributed by atoms with Crippen LogP contribution in [0.2, 0.25) is 0 Å². The van der Waals surface area contributed by atoms with Gasteiger partial charge in [0, 0.05) is 0 Å². The summed E-state index contributed by atoms with van der Waals surface area (Å²) in [6, 6.07) is 0. The minimum absolute atomic E-state index is 0.320. The number of nitrogens with two attached hydrogens (primary N) is 1. The molecule has 3 nitrogen and oxygen atoms in total. The molecule has 0 saturated heterocycles. The van der Waals surface area contributed by atoms with Crippen molar-refractivity contribution < 1.29 is 9.90 Å². The predicted octanol–water partition coefficient (Wildman–Crippen LogP) is 1.31. The molecule has 1 atom stereocenters. The van der Waals surface area contributed by atoms with E-state index in [-0.39, 0.29) is 0 Å². The Bertz CT molecular complexity index is 217. The molecule has 0 aliphatic heterocycles. The van der Waals surface area contributed by atoms with Gasteiger partial charge in [0.2, 0.25) is 0 Å². The third-order valence-electron chi connectivity index (χ3n) is 1.66. The third kappa shape index (κ3) is 3.34. The zero-order chi connectivity index (χ0) is 9.78. The third-order valence-corrected chi connectivity index (χ3v) is 1.66. The van der Waals surface area contributed by atoms with Gasteiger partial charge in [-0.15, -0.1) is 0 Å². The molecule has 0 saturated carbocycles. The second-order valence-corrected chi connectivity index (χ2v) is 3.08. The molecule has 0 amide bonds. The van der Waals surface area contributed by atoms with Crippen molar-refractivity contribution in [3.63, 3.8) is 0 Å².